The number of anilines is 1. The standard InChI is InChI=1S/C22H30N4/c1-2-6-18(7-3-1)24-12-14-25(15-13-24)19-16-26(17-19)22-10-11-23-21-9-5-4-8-20(21)22/h4-5,8-11,18-19H,1-3,6-7,12-17H2. The molecule has 1 aromatic carbocycles. The highest BCUT2D eigenvalue weighted by atomic mass is 15.4. The molecule has 0 unspecified atom stereocenters. The van der Waals surface area contributed by atoms with E-state index in [0.29, 0.717) is 0 Å². The summed E-state index contributed by atoms with van der Waals surface area (Å²) in [5.41, 5.74) is 2.46. The van der Waals surface area contributed by atoms with Crippen LogP contribution in [0, 0.1) is 0 Å². The van der Waals surface area contributed by atoms with Crippen LogP contribution in [0.5, 0.6) is 0 Å². The van der Waals surface area contributed by atoms with Crippen molar-refractivity contribution in [1.82, 2.24) is 14.8 Å². The number of pyridine rings is 1. The molecule has 1 aliphatic carbocycles. The Balaban J connectivity index is 1.17. The molecular weight excluding hydrogens is 320 g/mol. The minimum absolute atomic E-state index is 0.732. The fourth-order valence-corrected chi connectivity index (χ4v) is 5.15. The molecule has 4 heteroatoms. The molecule has 0 spiro atoms. The molecule has 1 saturated carbocycles. The van der Waals surface area contributed by atoms with Crippen LogP contribution in [-0.2, 0) is 0 Å². The first-order valence-electron chi connectivity index (χ1n) is 10.5. The van der Waals surface area contributed by atoms with Gasteiger partial charge in [0.1, 0.15) is 0 Å². The smallest absolute Gasteiger partial charge is 0.0722 e. The van der Waals surface area contributed by atoms with Crippen molar-refractivity contribution in [1.29, 1.82) is 0 Å². The van der Waals surface area contributed by atoms with Gasteiger partial charge in [-0.1, -0.05) is 37.5 Å². The molecule has 2 aromatic rings. The summed E-state index contributed by atoms with van der Waals surface area (Å²) < 4.78 is 0. The molecule has 0 N–H and O–H groups in total. The molecule has 138 valence electrons. The van der Waals surface area contributed by atoms with E-state index in [0.717, 1.165) is 30.7 Å². The topological polar surface area (TPSA) is 22.6 Å². The normalized spacial score (nSPS) is 24.1. The Kier molecular flexibility index (Phi) is 4.55. The van der Waals surface area contributed by atoms with E-state index in [1.54, 1.807) is 0 Å². The van der Waals surface area contributed by atoms with Gasteiger partial charge < -0.3 is 4.90 Å². The molecule has 0 bridgehead atoms. The van der Waals surface area contributed by atoms with Crippen LogP contribution in [0.3, 0.4) is 0 Å². The van der Waals surface area contributed by atoms with E-state index in [1.165, 1.54) is 69.4 Å². The maximum Gasteiger partial charge on any atom is 0.0722 e. The Morgan fingerprint density at radius 3 is 2.23 bits per heavy atom. The fraction of sp³-hybridized carbons (Fsp3) is 0.591. The molecule has 0 radical (unpaired) electrons. The third-order valence-electron chi connectivity index (χ3n) is 6.79. The van der Waals surface area contributed by atoms with E-state index >= 15 is 0 Å². The molecule has 5 rings (SSSR count). The van der Waals surface area contributed by atoms with Gasteiger partial charge >= 0.3 is 0 Å². The van der Waals surface area contributed by atoms with Crippen molar-refractivity contribution in [3.63, 3.8) is 0 Å². The van der Waals surface area contributed by atoms with Crippen molar-refractivity contribution < 1.29 is 0 Å². The first-order valence-corrected chi connectivity index (χ1v) is 10.5. The summed E-state index contributed by atoms with van der Waals surface area (Å²) >= 11 is 0. The second-order valence-electron chi connectivity index (χ2n) is 8.27. The van der Waals surface area contributed by atoms with Gasteiger partial charge in [0.05, 0.1) is 5.52 Å². The van der Waals surface area contributed by atoms with E-state index < -0.39 is 0 Å². The lowest BCUT2D eigenvalue weighted by molar-refractivity contribution is 0.0489. The number of fused-ring (bicyclic) bond motifs is 1. The minimum atomic E-state index is 0.732. The first-order chi connectivity index (χ1) is 12.9. The SMILES string of the molecule is c1ccc2c(N3CC(N4CCN(C5CCCCC5)CC4)C3)ccnc2c1. The van der Waals surface area contributed by atoms with Crippen LogP contribution in [0.4, 0.5) is 5.69 Å². The van der Waals surface area contributed by atoms with Crippen molar-refractivity contribution in [2.24, 2.45) is 0 Å². The molecule has 0 atom stereocenters. The zero-order valence-electron chi connectivity index (χ0n) is 15.7. The maximum atomic E-state index is 4.50. The summed E-state index contributed by atoms with van der Waals surface area (Å²) in [6.45, 7) is 7.39. The molecule has 26 heavy (non-hydrogen) atoms. The largest absolute Gasteiger partial charge is 0.368 e. The Morgan fingerprint density at radius 2 is 1.46 bits per heavy atom. The third-order valence-corrected chi connectivity index (χ3v) is 6.79. The molecule has 2 saturated heterocycles. The predicted molar refractivity (Wildman–Crippen MR) is 108 cm³/mol. The van der Waals surface area contributed by atoms with Crippen LogP contribution in [0.25, 0.3) is 10.9 Å². The van der Waals surface area contributed by atoms with E-state index in [4.69, 9.17) is 0 Å². The Morgan fingerprint density at radius 1 is 0.769 bits per heavy atom. The summed E-state index contributed by atoms with van der Waals surface area (Å²) in [5.74, 6) is 0. The number of aromatic nitrogens is 1. The zero-order chi connectivity index (χ0) is 17.3. The lowest BCUT2D eigenvalue weighted by Crippen LogP contribution is -2.64. The van der Waals surface area contributed by atoms with Crippen molar-refractivity contribution >= 4 is 16.6 Å². The Bertz CT molecular complexity index is 735. The Labute approximate surface area is 156 Å². The van der Waals surface area contributed by atoms with E-state index in [1.807, 2.05) is 6.20 Å². The van der Waals surface area contributed by atoms with Crippen LogP contribution in [-0.4, -0.2) is 66.1 Å². The average Bonchev–Trinajstić information content (AvgIpc) is 2.68. The highest BCUT2D eigenvalue weighted by molar-refractivity contribution is 5.91. The van der Waals surface area contributed by atoms with Gasteiger partial charge in [0.15, 0.2) is 0 Å². The second-order valence-corrected chi connectivity index (χ2v) is 8.27. The zero-order valence-corrected chi connectivity index (χ0v) is 15.7. The summed E-state index contributed by atoms with van der Waals surface area (Å²) in [7, 11) is 0. The number of hydrogen-bond acceptors (Lipinski definition) is 4. The van der Waals surface area contributed by atoms with Crippen molar-refractivity contribution in [2.75, 3.05) is 44.2 Å². The van der Waals surface area contributed by atoms with Crippen LogP contribution in [0.15, 0.2) is 36.5 Å². The first kappa shape index (κ1) is 16.5. The van der Waals surface area contributed by atoms with Gasteiger partial charge in [-0.25, -0.2) is 0 Å². The minimum Gasteiger partial charge on any atom is -0.368 e. The number of para-hydroxylation sites is 1. The van der Waals surface area contributed by atoms with Crippen LogP contribution in [0.1, 0.15) is 32.1 Å². The van der Waals surface area contributed by atoms with Gasteiger partial charge in [-0.05, 0) is 25.0 Å². The Hall–Kier alpha value is -1.65. The van der Waals surface area contributed by atoms with Gasteiger partial charge in [0.25, 0.3) is 0 Å². The van der Waals surface area contributed by atoms with E-state index in [9.17, 15) is 0 Å². The summed E-state index contributed by atoms with van der Waals surface area (Å²) in [4.78, 5) is 12.5. The highest BCUT2D eigenvalue weighted by Gasteiger charge is 2.35. The summed E-state index contributed by atoms with van der Waals surface area (Å²) in [5, 5.41) is 1.29. The van der Waals surface area contributed by atoms with Gasteiger partial charge in [-0.3, -0.25) is 14.8 Å². The fourth-order valence-electron chi connectivity index (χ4n) is 5.15. The predicted octanol–water partition coefficient (Wildman–Crippen LogP) is 3.37. The molecule has 3 heterocycles. The molecule has 4 nitrogen and oxygen atoms in total. The molecule has 2 aliphatic heterocycles. The summed E-state index contributed by atoms with van der Waals surface area (Å²) in [6.07, 6.45) is 9.18. The second kappa shape index (κ2) is 7.16. The maximum absolute atomic E-state index is 4.50. The number of hydrogen-bond donors (Lipinski definition) is 0. The molecular formula is C22H30N4. The third kappa shape index (κ3) is 3.10. The van der Waals surface area contributed by atoms with Gasteiger partial charge in [-0.15, -0.1) is 0 Å². The number of nitrogens with zero attached hydrogens (tertiary/aromatic N) is 4. The monoisotopic (exact) mass is 350 g/mol. The molecule has 1 aromatic heterocycles. The lowest BCUT2D eigenvalue weighted by Gasteiger charge is -2.50. The molecule has 0 amide bonds. The average molecular weight is 351 g/mol. The highest BCUT2D eigenvalue weighted by Crippen LogP contribution is 2.31. The quantitative estimate of drug-likeness (QED) is 0.846. The van der Waals surface area contributed by atoms with Crippen molar-refractivity contribution in [3.05, 3.63) is 36.5 Å². The number of rotatable bonds is 3. The van der Waals surface area contributed by atoms with E-state index in [-0.39, 0.29) is 0 Å². The summed E-state index contributed by atoms with van der Waals surface area (Å²) in [6, 6.07) is 12.3. The van der Waals surface area contributed by atoms with Crippen molar-refractivity contribution in [2.45, 2.75) is 44.2 Å². The van der Waals surface area contributed by atoms with Gasteiger partial charge in [0, 0.05) is 68.6 Å². The number of benzene rings is 1. The molecule has 3 fully saturated rings. The van der Waals surface area contributed by atoms with Crippen LogP contribution >= 0.6 is 0 Å². The van der Waals surface area contributed by atoms with Gasteiger partial charge in [0.2, 0.25) is 0 Å². The van der Waals surface area contributed by atoms with Gasteiger partial charge in [-0.2, -0.15) is 0 Å². The van der Waals surface area contributed by atoms with E-state index in [2.05, 4.69) is 50.0 Å². The van der Waals surface area contributed by atoms with Crippen LogP contribution in [0.2, 0.25) is 0 Å². The van der Waals surface area contributed by atoms with Crippen molar-refractivity contribution in [3.8, 4) is 0 Å². The van der Waals surface area contributed by atoms with Crippen LogP contribution < -0.4 is 4.90 Å². The lowest BCUT2D eigenvalue weighted by atomic mass is 9.93. The number of piperazine rings is 1. The molecule has 3 aliphatic rings.